The first-order chi connectivity index (χ1) is 14.8. The molecule has 0 aliphatic carbocycles. The first-order valence-corrected chi connectivity index (χ1v) is 10.9. The van der Waals surface area contributed by atoms with Gasteiger partial charge in [-0.25, -0.2) is 0 Å². The summed E-state index contributed by atoms with van der Waals surface area (Å²) in [7, 11) is 0. The van der Waals surface area contributed by atoms with Crippen LogP contribution in [0.1, 0.15) is 39.6 Å². The maximum atomic E-state index is 13.5. The van der Waals surface area contributed by atoms with Crippen LogP contribution < -0.4 is 4.72 Å². The zero-order valence-electron chi connectivity index (χ0n) is 17.0. The lowest BCUT2D eigenvalue weighted by Crippen LogP contribution is -2.50. The summed E-state index contributed by atoms with van der Waals surface area (Å²) >= 11 is 1.19. The number of halogens is 3. The number of carbonyl (C=O) groups excluding carboxylic acids is 2. The van der Waals surface area contributed by atoms with Crippen molar-refractivity contribution in [3.05, 3.63) is 59.4 Å². The van der Waals surface area contributed by atoms with Gasteiger partial charge in [-0.3, -0.25) is 14.6 Å². The van der Waals surface area contributed by atoms with Gasteiger partial charge in [0.2, 0.25) is 0 Å². The highest BCUT2D eigenvalue weighted by Gasteiger charge is 2.35. The van der Waals surface area contributed by atoms with Gasteiger partial charge in [-0.15, -0.1) is 0 Å². The largest absolute Gasteiger partial charge is 0.418 e. The number of piperazine rings is 1. The summed E-state index contributed by atoms with van der Waals surface area (Å²) in [6.07, 6.45) is -0.704. The van der Waals surface area contributed by atoms with Crippen LogP contribution in [0, 0.1) is 0 Å². The molecule has 1 aliphatic heterocycles. The molecule has 0 atom stereocenters. The fourth-order valence-electron chi connectivity index (χ4n) is 3.20. The van der Waals surface area contributed by atoms with Gasteiger partial charge in [0.1, 0.15) is 0 Å². The van der Waals surface area contributed by atoms with E-state index in [1.807, 2.05) is 6.92 Å². The molecule has 1 N–H and O–H groups in total. The number of benzene rings is 1. The highest BCUT2D eigenvalue weighted by Crippen LogP contribution is 2.36. The molecule has 10 heteroatoms. The van der Waals surface area contributed by atoms with Crippen LogP contribution in [-0.4, -0.2) is 58.5 Å². The van der Waals surface area contributed by atoms with Crippen molar-refractivity contribution in [2.24, 2.45) is 0 Å². The van der Waals surface area contributed by atoms with Crippen LogP contribution in [0.2, 0.25) is 0 Å². The second kappa shape index (κ2) is 10.0. The Balaban J connectivity index is 1.68. The third kappa shape index (κ3) is 5.69. The molecule has 3 rings (SSSR count). The van der Waals surface area contributed by atoms with E-state index < -0.39 is 17.6 Å². The SMILES string of the molecule is CCCSNc1ccc(C(=O)N2CCN(C(=O)c3cccnc3)CC2)cc1C(F)(F)F. The molecular formula is C21H23F3N4O2S. The van der Waals surface area contributed by atoms with E-state index in [0.29, 0.717) is 24.4 Å². The summed E-state index contributed by atoms with van der Waals surface area (Å²) < 4.78 is 43.3. The van der Waals surface area contributed by atoms with Crippen molar-refractivity contribution in [1.82, 2.24) is 14.8 Å². The second-order valence-electron chi connectivity index (χ2n) is 7.03. The molecule has 166 valence electrons. The van der Waals surface area contributed by atoms with Crippen LogP contribution >= 0.6 is 11.9 Å². The van der Waals surface area contributed by atoms with Gasteiger partial charge in [0, 0.05) is 49.9 Å². The van der Waals surface area contributed by atoms with Crippen LogP contribution in [0.15, 0.2) is 42.7 Å². The van der Waals surface area contributed by atoms with Crippen LogP contribution in [0.3, 0.4) is 0 Å². The molecule has 31 heavy (non-hydrogen) atoms. The van der Waals surface area contributed by atoms with E-state index in [-0.39, 0.29) is 30.2 Å². The minimum absolute atomic E-state index is 0.0228. The van der Waals surface area contributed by atoms with Crippen molar-refractivity contribution >= 4 is 29.4 Å². The number of carbonyl (C=O) groups is 2. The molecule has 1 saturated heterocycles. The number of alkyl halides is 3. The van der Waals surface area contributed by atoms with Crippen molar-refractivity contribution in [3.8, 4) is 0 Å². The van der Waals surface area contributed by atoms with Crippen molar-refractivity contribution in [1.29, 1.82) is 0 Å². The zero-order valence-corrected chi connectivity index (χ0v) is 17.8. The molecule has 0 saturated carbocycles. The summed E-state index contributed by atoms with van der Waals surface area (Å²) in [4.78, 5) is 32.3. The Bertz CT molecular complexity index is 917. The maximum Gasteiger partial charge on any atom is 0.418 e. The second-order valence-corrected chi connectivity index (χ2v) is 7.94. The van der Waals surface area contributed by atoms with E-state index in [9.17, 15) is 22.8 Å². The van der Waals surface area contributed by atoms with Crippen LogP contribution in [0.25, 0.3) is 0 Å². The molecule has 2 aromatic rings. The quantitative estimate of drug-likeness (QED) is 0.527. The van der Waals surface area contributed by atoms with Gasteiger partial charge >= 0.3 is 6.18 Å². The Morgan fingerprint density at radius 2 is 1.71 bits per heavy atom. The van der Waals surface area contributed by atoms with E-state index in [1.54, 1.807) is 23.2 Å². The molecule has 1 aromatic carbocycles. The van der Waals surface area contributed by atoms with Crippen molar-refractivity contribution in [3.63, 3.8) is 0 Å². The topological polar surface area (TPSA) is 65.5 Å². The molecule has 0 radical (unpaired) electrons. The smallest absolute Gasteiger partial charge is 0.335 e. The maximum absolute atomic E-state index is 13.5. The van der Waals surface area contributed by atoms with E-state index >= 15 is 0 Å². The van der Waals surface area contributed by atoms with Gasteiger partial charge in [-0.2, -0.15) is 13.2 Å². The van der Waals surface area contributed by atoms with E-state index in [0.717, 1.165) is 12.5 Å². The molecule has 0 spiro atoms. The van der Waals surface area contributed by atoms with Gasteiger partial charge in [0.15, 0.2) is 0 Å². The van der Waals surface area contributed by atoms with Crippen molar-refractivity contribution in [2.75, 3.05) is 36.7 Å². The normalized spacial score (nSPS) is 14.5. The number of rotatable bonds is 6. The Morgan fingerprint density at radius 3 is 2.26 bits per heavy atom. The van der Waals surface area contributed by atoms with Gasteiger partial charge in [-0.1, -0.05) is 18.9 Å². The van der Waals surface area contributed by atoms with E-state index in [2.05, 4.69) is 9.71 Å². The fraction of sp³-hybridized carbons (Fsp3) is 0.381. The molecule has 1 aliphatic rings. The van der Waals surface area contributed by atoms with E-state index in [1.165, 1.54) is 35.2 Å². The Kier molecular flexibility index (Phi) is 7.42. The summed E-state index contributed by atoms with van der Waals surface area (Å²) in [5.41, 5.74) is -0.492. The third-order valence-electron chi connectivity index (χ3n) is 4.82. The third-order valence-corrected chi connectivity index (χ3v) is 5.80. The first-order valence-electron chi connectivity index (χ1n) is 9.89. The van der Waals surface area contributed by atoms with Crippen LogP contribution in [-0.2, 0) is 6.18 Å². The summed E-state index contributed by atoms with van der Waals surface area (Å²) in [6, 6.07) is 6.93. The molecule has 1 aromatic heterocycles. The van der Waals surface area contributed by atoms with E-state index in [4.69, 9.17) is 0 Å². The number of aromatic nitrogens is 1. The fourth-order valence-corrected chi connectivity index (χ4v) is 3.84. The van der Waals surface area contributed by atoms with Gasteiger partial charge in [0.05, 0.1) is 16.8 Å². The standard InChI is InChI=1S/C21H23F3N4O2S/c1-2-12-31-26-18-6-5-15(13-17(18)21(22,23)24)19(29)27-8-10-28(11-9-27)20(30)16-4-3-7-25-14-16/h3-7,13-14,26H,2,8-12H2,1H3. The number of hydrogen-bond donors (Lipinski definition) is 1. The lowest BCUT2D eigenvalue weighted by molar-refractivity contribution is -0.136. The minimum Gasteiger partial charge on any atom is -0.335 e. The zero-order chi connectivity index (χ0) is 22.4. The number of pyridine rings is 1. The molecule has 2 amide bonds. The molecule has 0 bridgehead atoms. The predicted molar refractivity (Wildman–Crippen MR) is 114 cm³/mol. The van der Waals surface area contributed by atoms with Crippen LogP contribution in [0.5, 0.6) is 0 Å². The molecule has 2 heterocycles. The van der Waals surface area contributed by atoms with Gasteiger partial charge < -0.3 is 14.5 Å². The van der Waals surface area contributed by atoms with Crippen LogP contribution in [0.4, 0.5) is 18.9 Å². The predicted octanol–water partition coefficient (Wildman–Crippen LogP) is 4.17. The summed E-state index contributed by atoms with van der Waals surface area (Å²) in [5, 5.41) is 0. The lowest BCUT2D eigenvalue weighted by atomic mass is 10.1. The van der Waals surface area contributed by atoms with Gasteiger partial charge in [-0.05, 0) is 36.8 Å². The molecular weight excluding hydrogens is 429 g/mol. The summed E-state index contributed by atoms with van der Waals surface area (Å²) in [6.45, 7) is 3.04. The number of hydrogen-bond acceptors (Lipinski definition) is 5. The molecule has 1 fully saturated rings. The average molecular weight is 453 g/mol. The molecule has 0 unspecified atom stereocenters. The van der Waals surface area contributed by atoms with Gasteiger partial charge in [0.25, 0.3) is 11.8 Å². The number of amides is 2. The highest BCUT2D eigenvalue weighted by atomic mass is 32.2. The Labute approximate surface area is 182 Å². The number of nitrogens with zero attached hydrogens (tertiary/aromatic N) is 3. The number of anilines is 1. The highest BCUT2D eigenvalue weighted by molar-refractivity contribution is 8.00. The monoisotopic (exact) mass is 452 g/mol. The summed E-state index contributed by atoms with van der Waals surface area (Å²) in [5.74, 6) is 0.00586. The van der Waals surface area contributed by atoms with Crippen molar-refractivity contribution in [2.45, 2.75) is 19.5 Å². The lowest BCUT2D eigenvalue weighted by Gasteiger charge is -2.35. The Hall–Kier alpha value is -2.75. The minimum atomic E-state index is -4.58. The molecule has 6 nitrogen and oxygen atoms in total. The van der Waals surface area contributed by atoms with Crippen molar-refractivity contribution < 1.29 is 22.8 Å². The first kappa shape index (κ1) is 22.9. The number of nitrogens with one attached hydrogen (secondary N) is 1. The Morgan fingerprint density at radius 1 is 1.06 bits per heavy atom. The average Bonchev–Trinajstić information content (AvgIpc) is 2.78.